The third-order valence-corrected chi connectivity index (χ3v) is 7.30. The van der Waals surface area contributed by atoms with Crippen LogP contribution in [0.3, 0.4) is 0 Å². The molecule has 2 aromatic carbocycles. The van der Waals surface area contributed by atoms with Gasteiger partial charge >= 0.3 is 0 Å². The van der Waals surface area contributed by atoms with Crippen LogP contribution in [-0.2, 0) is 10.0 Å². The van der Waals surface area contributed by atoms with Gasteiger partial charge in [-0.2, -0.15) is 4.31 Å². The van der Waals surface area contributed by atoms with Crippen LogP contribution in [0.2, 0.25) is 0 Å². The molecule has 0 aliphatic carbocycles. The molecule has 1 aliphatic heterocycles. The lowest BCUT2D eigenvalue weighted by Crippen LogP contribution is -2.34. The van der Waals surface area contributed by atoms with Crippen molar-refractivity contribution in [1.29, 1.82) is 0 Å². The van der Waals surface area contributed by atoms with Crippen molar-refractivity contribution in [1.82, 2.24) is 9.29 Å². The molecule has 0 atom stereocenters. The highest BCUT2D eigenvalue weighted by molar-refractivity contribution is 9.10. The number of nitrogens with one attached hydrogen (secondary N) is 1. The second-order valence-electron chi connectivity index (χ2n) is 6.50. The van der Waals surface area contributed by atoms with Crippen molar-refractivity contribution in [3.63, 3.8) is 0 Å². The lowest BCUT2D eigenvalue weighted by Gasteiger charge is -2.26. The van der Waals surface area contributed by atoms with E-state index in [0.29, 0.717) is 24.4 Å². The second-order valence-corrected chi connectivity index (χ2v) is 9.35. The summed E-state index contributed by atoms with van der Waals surface area (Å²) in [6.45, 7) is 2.97. The minimum absolute atomic E-state index is 0.334. The number of sulfonamides is 1. The van der Waals surface area contributed by atoms with Crippen molar-refractivity contribution >= 4 is 42.4 Å². The maximum Gasteiger partial charge on any atom is 0.243 e. The Labute approximate surface area is 161 Å². The summed E-state index contributed by atoms with van der Waals surface area (Å²) in [4.78, 5) is 3.68. The molecule has 0 amide bonds. The number of rotatable bonds is 3. The summed E-state index contributed by atoms with van der Waals surface area (Å²) in [5.41, 5.74) is 4.73. The molecule has 6 heteroatoms. The van der Waals surface area contributed by atoms with Gasteiger partial charge in [-0.1, -0.05) is 40.2 Å². The van der Waals surface area contributed by atoms with Crippen LogP contribution in [0.1, 0.15) is 17.5 Å². The number of aryl methyl sites for hydroxylation is 1. The normalized spacial score (nSPS) is 16.0. The quantitative estimate of drug-likeness (QED) is 0.653. The number of aromatic amines is 1. The van der Waals surface area contributed by atoms with Gasteiger partial charge in [-0.3, -0.25) is 0 Å². The number of nitrogens with zero attached hydrogens (tertiary/aromatic N) is 1. The van der Waals surface area contributed by atoms with Crippen molar-refractivity contribution in [3.8, 4) is 0 Å². The number of hydrogen-bond acceptors (Lipinski definition) is 2. The van der Waals surface area contributed by atoms with E-state index < -0.39 is 10.0 Å². The zero-order valence-electron chi connectivity index (χ0n) is 14.4. The molecule has 0 bridgehead atoms. The number of halogens is 1. The Morgan fingerprint density at radius 3 is 2.58 bits per heavy atom. The third kappa shape index (κ3) is 3.02. The molecule has 26 heavy (non-hydrogen) atoms. The van der Waals surface area contributed by atoms with Crippen LogP contribution < -0.4 is 0 Å². The van der Waals surface area contributed by atoms with Crippen LogP contribution in [0.25, 0.3) is 16.5 Å². The van der Waals surface area contributed by atoms with Crippen LogP contribution in [0.4, 0.5) is 0 Å². The fraction of sp³-hybridized carbons (Fsp3) is 0.200. The van der Waals surface area contributed by atoms with Crippen LogP contribution in [0.5, 0.6) is 0 Å². The maximum atomic E-state index is 12.8. The average Bonchev–Trinajstić information content (AvgIpc) is 3.08. The van der Waals surface area contributed by atoms with E-state index in [1.807, 2.05) is 12.3 Å². The lowest BCUT2D eigenvalue weighted by molar-refractivity contribution is 0.441. The molecule has 0 spiro atoms. The van der Waals surface area contributed by atoms with Gasteiger partial charge in [0.1, 0.15) is 0 Å². The first-order valence-electron chi connectivity index (χ1n) is 8.48. The Balaban J connectivity index is 1.62. The highest BCUT2D eigenvalue weighted by Crippen LogP contribution is 2.32. The Kier molecular flexibility index (Phi) is 4.50. The minimum Gasteiger partial charge on any atom is -0.360 e. The molecular formula is C20H19BrN2O2S. The van der Waals surface area contributed by atoms with E-state index in [-0.39, 0.29) is 0 Å². The highest BCUT2D eigenvalue weighted by Gasteiger charge is 2.26. The van der Waals surface area contributed by atoms with Crippen LogP contribution in [-0.4, -0.2) is 30.8 Å². The van der Waals surface area contributed by atoms with Gasteiger partial charge in [-0.15, -0.1) is 0 Å². The number of H-pyrrole nitrogens is 1. The van der Waals surface area contributed by atoms with Gasteiger partial charge < -0.3 is 4.98 Å². The number of fused-ring (bicyclic) bond motifs is 1. The topological polar surface area (TPSA) is 53.2 Å². The smallest absolute Gasteiger partial charge is 0.243 e. The van der Waals surface area contributed by atoms with E-state index in [9.17, 15) is 8.42 Å². The van der Waals surface area contributed by atoms with Gasteiger partial charge in [-0.05, 0) is 48.7 Å². The van der Waals surface area contributed by atoms with Crippen molar-refractivity contribution < 1.29 is 8.42 Å². The second kappa shape index (κ2) is 6.68. The first-order chi connectivity index (χ1) is 12.5. The summed E-state index contributed by atoms with van der Waals surface area (Å²) in [6.07, 6.45) is 4.77. The Morgan fingerprint density at radius 1 is 1.12 bits per heavy atom. The van der Waals surface area contributed by atoms with Gasteiger partial charge in [0.05, 0.1) is 4.90 Å². The molecule has 1 N–H and O–H groups in total. The molecule has 0 saturated carbocycles. The predicted octanol–water partition coefficient (Wildman–Crippen LogP) is 4.72. The van der Waals surface area contributed by atoms with E-state index >= 15 is 0 Å². The molecular weight excluding hydrogens is 412 g/mol. The average molecular weight is 431 g/mol. The van der Waals surface area contributed by atoms with Gasteiger partial charge in [-0.25, -0.2) is 8.42 Å². The van der Waals surface area contributed by atoms with E-state index in [1.54, 1.807) is 28.6 Å². The van der Waals surface area contributed by atoms with Gasteiger partial charge in [0.2, 0.25) is 10.0 Å². The van der Waals surface area contributed by atoms with Crippen molar-refractivity contribution in [2.24, 2.45) is 0 Å². The molecule has 2 heterocycles. The largest absolute Gasteiger partial charge is 0.360 e. The predicted molar refractivity (Wildman–Crippen MR) is 109 cm³/mol. The van der Waals surface area contributed by atoms with Crippen molar-refractivity contribution in [3.05, 3.63) is 70.3 Å². The zero-order chi connectivity index (χ0) is 18.3. The van der Waals surface area contributed by atoms with Crippen LogP contribution >= 0.6 is 15.9 Å². The first kappa shape index (κ1) is 17.5. The van der Waals surface area contributed by atoms with E-state index in [0.717, 1.165) is 9.99 Å². The minimum atomic E-state index is -3.46. The maximum absolute atomic E-state index is 12.8. The summed E-state index contributed by atoms with van der Waals surface area (Å²) < 4.78 is 28.1. The molecule has 134 valence electrons. The molecule has 0 radical (unpaired) electrons. The molecule has 0 fully saturated rings. The lowest BCUT2D eigenvalue weighted by atomic mass is 9.99. The monoisotopic (exact) mass is 430 g/mol. The first-order valence-corrected chi connectivity index (χ1v) is 10.7. The Bertz CT molecular complexity index is 1100. The van der Waals surface area contributed by atoms with Crippen molar-refractivity contribution in [2.75, 3.05) is 13.1 Å². The molecule has 4 nitrogen and oxygen atoms in total. The van der Waals surface area contributed by atoms with Crippen LogP contribution in [0.15, 0.2) is 64.1 Å². The van der Waals surface area contributed by atoms with E-state index in [2.05, 4.69) is 46.0 Å². The molecule has 1 aromatic heterocycles. The number of para-hydroxylation sites is 1. The van der Waals surface area contributed by atoms with E-state index in [4.69, 9.17) is 0 Å². The van der Waals surface area contributed by atoms with Crippen LogP contribution in [0, 0.1) is 6.92 Å². The summed E-state index contributed by atoms with van der Waals surface area (Å²) in [7, 11) is -3.46. The molecule has 4 rings (SSSR count). The fourth-order valence-electron chi connectivity index (χ4n) is 3.44. The molecule has 0 saturated heterocycles. The summed E-state index contributed by atoms with van der Waals surface area (Å²) in [6, 6.07) is 13.0. The van der Waals surface area contributed by atoms with Gasteiger partial charge in [0, 0.05) is 40.2 Å². The summed E-state index contributed by atoms with van der Waals surface area (Å²) in [5.74, 6) is 0. The Hall–Kier alpha value is -1.89. The summed E-state index contributed by atoms with van der Waals surface area (Å²) in [5, 5.41) is 1.19. The number of aromatic nitrogens is 1. The number of benzene rings is 2. The van der Waals surface area contributed by atoms with Crippen molar-refractivity contribution in [2.45, 2.75) is 18.2 Å². The third-order valence-electron chi connectivity index (χ3n) is 4.89. The van der Waals surface area contributed by atoms with E-state index in [1.165, 1.54) is 22.1 Å². The number of hydrogen-bond donors (Lipinski definition) is 1. The highest BCUT2D eigenvalue weighted by atomic mass is 79.9. The molecule has 3 aromatic rings. The Morgan fingerprint density at radius 2 is 1.88 bits per heavy atom. The van der Waals surface area contributed by atoms with Gasteiger partial charge in [0.25, 0.3) is 0 Å². The summed E-state index contributed by atoms with van der Waals surface area (Å²) >= 11 is 3.34. The molecule has 0 unspecified atom stereocenters. The fourth-order valence-corrected chi connectivity index (χ4v) is 5.09. The van der Waals surface area contributed by atoms with Gasteiger partial charge in [0.15, 0.2) is 0 Å². The molecule has 1 aliphatic rings. The zero-order valence-corrected chi connectivity index (χ0v) is 16.8. The standard InChI is InChI=1S/C20H19BrN2O2S/c1-14-3-2-4-18-19(13-22-20(14)18)15-9-11-23(12-10-15)26(24,25)17-7-5-16(21)6-8-17/h2-9,13,22H,10-12H2,1H3. The SMILES string of the molecule is Cc1cccc2c(C3=CCN(S(=O)(=O)c4ccc(Br)cc4)CC3)c[nH]c12.